The largest absolute Gasteiger partial charge is 0.481 e. The molecule has 0 aliphatic carbocycles. The van der Waals surface area contributed by atoms with Crippen molar-refractivity contribution in [1.29, 1.82) is 0 Å². The Morgan fingerprint density at radius 3 is 2.56 bits per heavy atom. The number of carboxylic acids is 1. The monoisotopic (exact) mass is 256 g/mol. The summed E-state index contributed by atoms with van der Waals surface area (Å²) in [6, 6.07) is 0.591. The van der Waals surface area contributed by atoms with Gasteiger partial charge in [-0.1, -0.05) is 0 Å². The van der Waals surface area contributed by atoms with E-state index in [1.54, 1.807) is 7.11 Å². The van der Waals surface area contributed by atoms with Crippen LogP contribution in [0.3, 0.4) is 0 Å². The van der Waals surface area contributed by atoms with Gasteiger partial charge in [0.1, 0.15) is 0 Å². The fourth-order valence-electron chi connectivity index (χ4n) is 3.05. The average molecular weight is 256 g/mol. The number of methoxy groups -OCH3 is 1. The lowest BCUT2D eigenvalue weighted by Gasteiger charge is -2.36. The first kappa shape index (κ1) is 13.8. The first-order chi connectivity index (χ1) is 8.70. The molecule has 2 saturated heterocycles. The van der Waals surface area contributed by atoms with E-state index in [0.29, 0.717) is 6.04 Å². The molecule has 0 radical (unpaired) electrons. The van der Waals surface area contributed by atoms with Crippen LogP contribution in [-0.4, -0.2) is 73.4 Å². The van der Waals surface area contributed by atoms with Gasteiger partial charge in [-0.2, -0.15) is 0 Å². The Bertz CT molecular complexity index is 277. The van der Waals surface area contributed by atoms with Gasteiger partial charge in [0.15, 0.2) is 0 Å². The number of ether oxygens (including phenoxy) is 1. The average Bonchev–Trinajstić information content (AvgIpc) is 2.87. The van der Waals surface area contributed by atoms with E-state index in [-0.39, 0.29) is 5.92 Å². The Morgan fingerprint density at radius 1 is 1.28 bits per heavy atom. The van der Waals surface area contributed by atoms with Gasteiger partial charge in [-0.15, -0.1) is 0 Å². The van der Waals surface area contributed by atoms with Crippen molar-refractivity contribution in [3.8, 4) is 0 Å². The number of hydrogen-bond donors (Lipinski definition) is 1. The lowest BCUT2D eigenvalue weighted by atomic mass is 10.0. The van der Waals surface area contributed by atoms with Crippen LogP contribution >= 0.6 is 0 Å². The Kier molecular flexibility index (Phi) is 4.97. The van der Waals surface area contributed by atoms with E-state index in [9.17, 15) is 4.79 Å². The van der Waals surface area contributed by atoms with Gasteiger partial charge in [-0.05, 0) is 38.9 Å². The number of nitrogens with zero attached hydrogens (tertiary/aromatic N) is 2. The van der Waals surface area contributed by atoms with E-state index >= 15 is 0 Å². The summed E-state index contributed by atoms with van der Waals surface area (Å²) in [5.41, 5.74) is 0. The Hall–Kier alpha value is -0.650. The predicted octanol–water partition coefficient (Wildman–Crippen LogP) is 0.504. The zero-order chi connectivity index (χ0) is 13.0. The second-order valence-corrected chi connectivity index (χ2v) is 5.38. The van der Waals surface area contributed by atoms with Crippen LogP contribution in [0.25, 0.3) is 0 Å². The van der Waals surface area contributed by atoms with Gasteiger partial charge in [0.2, 0.25) is 0 Å². The van der Waals surface area contributed by atoms with Crippen molar-refractivity contribution in [3.05, 3.63) is 0 Å². The number of likely N-dealkylation sites (tertiary alicyclic amines) is 2. The lowest BCUT2D eigenvalue weighted by molar-refractivity contribution is -0.141. The molecule has 1 unspecified atom stereocenters. The molecule has 0 saturated carbocycles. The molecular formula is C13H24N2O3. The molecule has 18 heavy (non-hydrogen) atoms. The molecule has 1 N–H and O–H groups in total. The smallest absolute Gasteiger partial charge is 0.307 e. The first-order valence-electron chi connectivity index (χ1n) is 6.89. The van der Waals surface area contributed by atoms with Crippen LogP contribution in [0.15, 0.2) is 0 Å². The molecule has 2 aliphatic rings. The molecule has 2 rings (SSSR count). The Balaban J connectivity index is 1.72. The minimum atomic E-state index is -0.630. The molecule has 0 aromatic carbocycles. The number of rotatable bonds is 5. The zero-order valence-electron chi connectivity index (χ0n) is 11.2. The van der Waals surface area contributed by atoms with Crippen molar-refractivity contribution >= 4 is 5.97 Å². The zero-order valence-corrected chi connectivity index (χ0v) is 11.2. The molecule has 2 heterocycles. The molecule has 2 aliphatic heterocycles. The highest BCUT2D eigenvalue weighted by Gasteiger charge is 2.33. The van der Waals surface area contributed by atoms with Crippen molar-refractivity contribution in [2.45, 2.75) is 25.3 Å². The van der Waals surface area contributed by atoms with Gasteiger partial charge in [0, 0.05) is 26.2 Å². The first-order valence-corrected chi connectivity index (χ1v) is 6.89. The van der Waals surface area contributed by atoms with E-state index in [2.05, 4.69) is 9.80 Å². The molecule has 1 atom stereocenters. The highest BCUT2D eigenvalue weighted by molar-refractivity contribution is 5.70. The maximum Gasteiger partial charge on any atom is 0.307 e. The fraction of sp³-hybridized carbons (Fsp3) is 0.923. The van der Waals surface area contributed by atoms with Crippen molar-refractivity contribution in [3.63, 3.8) is 0 Å². The summed E-state index contributed by atoms with van der Waals surface area (Å²) in [6.07, 6.45) is 3.14. The van der Waals surface area contributed by atoms with E-state index < -0.39 is 5.97 Å². The summed E-state index contributed by atoms with van der Waals surface area (Å²) in [6.45, 7) is 5.75. The Morgan fingerprint density at radius 2 is 2.00 bits per heavy atom. The van der Waals surface area contributed by atoms with Crippen LogP contribution in [0.1, 0.15) is 19.3 Å². The molecule has 104 valence electrons. The van der Waals surface area contributed by atoms with Gasteiger partial charge < -0.3 is 14.7 Å². The molecular weight excluding hydrogens is 232 g/mol. The van der Waals surface area contributed by atoms with E-state index in [4.69, 9.17) is 9.84 Å². The number of carbonyl (C=O) groups is 1. The summed E-state index contributed by atoms with van der Waals surface area (Å²) in [5.74, 6) is -0.772. The van der Waals surface area contributed by atoms with Gasteiger partial charge in [-0.25, -0.2) is 0 Å². The highest BCUT2D eigenvalue weighted by Crippen LogP contribution is 2.24. The SMILES string of the molecule is COCCN1CCC(N2CCC(C(=O)O)C2)CC1. The summed E-state index contributed by atoms with van der Waals surface area (Å²) >= 11 is 0. The van der Waals surface area contributed by atoms with Gasteiger partial charge >= 0.3 is 5.97 Å². The summed E-state index contributed by atoms with van der Waals surface area (Å²) in [4.78, 5) is 15.8. The van der Waals surface area contributed by atoms with Gasteiger partial charge in [0.25, 0.3) is 0 Å². The molecule has 5 heteroatoms. The normalized spacial score (nSPS) is 27.7. The van der Waals surface area contributed by atoms with Crippen LogP contribution in [-0.2, 0) is 9.53 Å². The van der Waals surface area contributed by atoms with Crippen LogP contribution in [0.5, 0.6) is 0 Å². The fourth-order valence-corrected chi connectivity index (χ4v) is 3.05. The maximum absolute atomic E-state index is 11.0. The molecule has 2 fully saturated rings. The summed E-state index contributed by atoms with van der Waals surface area (Å²) in [5, 5.41) is 9.02. The topological polar surface area (TPSA) is 53.0 Å². The molecule has 0 amide bonds. The number of aliphatic carboxylic acids is 1. The maximum atomic E-state index is 11.0. The number of piperidine rings is 1. The molecule has 0 spiro atoms. The van der Waals surface area contributed by atoms with Crippen molar-refractivity contribution in [2.24, 2.45) is 5.92 Å². The number of carboxylic acid groups (broad SMARTS) is 1. The number of hydrogen-bond acceptors (Lipinski definition) is 4. The third-order valence-corrected chi connectivity index (χ3v) is 4.25. The minimum absolute atomic E-state index is 0.142. The van der Waals surface area contributed by atoms with Crippen LogP contribution in [0.4, 0.5) is 0 Å². The molecule has 0 aromatic heterocycles. The molecule has 0 bridgehead atoms. The summed E-state index contributed by atoms with van der Waals surface area (Å²) < 4.78 is 5.09. The second kappa shape index (κ2) is 6.50. The molecule has 5 nitrogen and oxygen atoms in total. The van der Waals surface area contributed by atoms with E-state index in [1.807, 2.05) is 0 Å². The predicted molar refractivity (Wildman–Crippen MR) is 68.7 cm³/mol. The van der Waals surface area contributed by atoms with E-state index in [1.165, 1.54) is 0 Å². The third-order valence-electron chi connectivity index (χ3n) is 4.25. The van der Waals surface area contributed by atoms with Crippen LogP contribution in [0.2, 0.25) is 0 Å². The van der Waals surface area contributed by atoms with Crippen molar-refractivity contribution in [1.82, 2.24) is 9.80 Å². The lowest BCUT2D eigenvalue weighted by Crippen LogP contribution is -2.45. The van der Waals surface area contributed by atoms with E-state index in [0.717, 1.165) is 58.6 Å². The van der Waals surface area contributed by atoms with Crippen molar-refractivity contribution < 1.29 is 14.6 Å². The van der Waals surface area contributed by atoms with Crippen LogP contribution < -0.4 is 0 Å². The Labute approximate surface area is 109 Å². The van der Waals surface area contributed by atoms with Gasteiger partial charge in [0.05, 0.1) is 12.5 Å². The quantitative estimate of drug-likeness (QED) is 0.776. The van der Waals surface area contributed by atoms with Gasteiger partial charge in [-0.3, -0.25) is 9.69 Å². The second-order valence-electron chi connectivity index (χ2n) is 5.38. The summed E-state index contributed by atoms with van der Waals surface area (Å²) in [7, 11) is 1.74. The molecule has 0 aromatic rings. The minimum Gasteiger partial charge on any atom is -0.481 e. The third kappa shape index (κ3) is 3.43. The van der Waals surface area contributed by atoms with Crippen molar-refractivity contribution in [2.75, 3.05) is 46.4 Å². The highest BCUT2D eigenvalue weighted by atomic mass is 16.5. The standard InChI is InChI=1S/C13H24N2O3/c1-18-9-8-14-5-3-12(4-6-14)15-7-2-11(10-15)13(16)17/h11-12H,2-10H2,1H3,(H,16,17). The van der Waals surface area contributed by atoms with Crippen LogP contribution in [0, 0.1) is 5.92 Å².